The molecule has 0 aromatic heterocycles. The molecule has 34 heavy (non-hydrogen) atoms. The van der Waals surface area contributed by atoms with Crippen LogP contribution in [0.4, 0.5) is 5.69 Å². The molecule has 1 amide bonds. The smallest absolute Gasteiger partial charge is 0.261 e. The number of hydrogen-bond donors (Lipinski definition) is 2. The number of amides is 1. The van der Waals surface area contributed by atoms with Crippen molar-refractivity contribution in [2.24, 2.45) is 0 Å². The fourth-order valence-electron chi connectivity index (χ4n) is 5.38. The molecule has 1 heterocycles. The van der Waals surface area contributed by atoms with Gasteiger partial charge in [-0.25, -0.2) is 8.42 Å². The zero-order valence-electron chi connectivity index (χ0n) is 19.6. The fourth-order valence-corrected chi connectivity index (χ4v) is 6.44. The number of hydrogen-bond acceptors (Lipinski definition) is 4. The van der Waals surface area contributed by atoms with E-state index in [0.29, 0.717) is 18.2 Å². The van der Waals surface area contributed by atoms with Crippen LogP contribution in [0.1, 0.15) is 74.8 Å². The zero-order valence-corrected chi connectivity index (χ0v) is 20.4. The summed E-state index contributed by atoms with van der Waals surface area (Å²) in [6, 6.07) is 14.6. The van der Waals surface area contributed by atoms with Gasteiger partial charge in [0, 0.05) is 18.8 Å². The normalized spacial score (nSPS) is 22.3. The van der Waals surface area contributed by atoms with E-state index in [4.69, 9.17) is 4.74 Å². The minimum atomic E-state index is -3.67. The van der Waals surface area contributed by atoms with Gasteiger partial charge in [0.05, 0.1) is 16.4 Å². The lowest BCUT2D eigenvalue weighted by Crippen LogP contribution is -2.39. The molecule has 1 saturated heterocycles. The minimum absolute atomic E-state index is 0.0365. The molecule has 2 N–H and O–H groups in total. The summed E-state index contributed by atoms with van der Waals surface area (Å²) in [5, 5.41) is 3.05. The van der Waals surface area contributed by atoms with Gasteiger partial charge in [-0.15, -0.1) is 0 Å². The van der Waals surface area contributed by atoms with Crippen LogP contribution in [-0.4, -0.2) is 33.6 Å². The molecule has 2 aromatic carbocycles. The van der Waals surface area contributed by atoms with Crippen LogP contribution in [-0.2, 0) is 25.0 Å². The van der Waals surface area contributed by atoms with Crippen LogP contribution in [0.25, 0.3) is 0 Å². The maximum atomic E-state index is 12.9. The first-order valence-corrected chi connectivity index (χ1v) is 14.1. The van der Waals surface area contributed by atoms with E-state index in [1.807, 2.05) is 24.3 Å². The summed E-state index contributed by atoms with van der Waals surface area (Å²) in [6.07, 6.45) is 9.95. The van der Waals surface area contributed by atoms with E-state index in [1.165, 1.54) is 37.7 Å². The van der Waals surface area contributed by atoms with Crippen molar-refractivity contribution in [2.75, 3.05) is 17.9 Å². The number of carbonyl (C=O) groups is 1. The third-order valence-electron chi connectivity index (χ3n) is 7.66. The van der Waals surface area contributed by atoms with Gasteiger partial charge in [0.15, 0.2) is 0 Å². The highest BCUT2D eigenvalue weighted by Gasteiger charge is 2.51. The molecular formula is C27H34N2O4S. The van der Waals surface area contributed by atoms with Crippen LogP contribution in [0.3, 0.4) is 0 Å². The summed E-state index contributed by atoms with van der Waals surface area (Å²) in [6.45, 7) is 1.33. The number of sulfonamides is 1. The largest absolute Gasteiger partial charge is 0.376 e. The average molecular weight is 483 g/mol. The quantitative estimate of drug-likeness (QED) is 0.563. The van der Waals surface area contributed by atoms with Crippen molar-refractivity contribution in [3.8, 4) is 0 Å². The van der Waals surface area contributed by atoms with Crippen molar-refractivity contribution in [1.82, 2.24) is 5.32 Å². The van der Waals surface area contributed by atoms with Crippen molar-refractivity contribution in [3.05, 3.63) is 59.7 Å². The first-order chi connectivity index (χ1) is 16.5. The topological polar surface area (TPSA) is 84.5 Å². The Morgan fingerprint density at radius 2 is 1.62 bits per heavy atom. The lowest BCUT2D eigenvalue weighted by Gasteiger charge is -2.22. The second-order valence-electron chi connectivity index (χ2n) is 10.0. The van der Waals surface area contributed by atoms with Gasteiger partial charge in [-0.05, 0) is 79.8 Å². The van der Waals surface area contributed by atoms with Crippen molar-refractivity contribution < 1.29 is 17.9 Å². The highest BCUT2D eigenvalue weighted by Crippen LogP contribution is 2.48. The first-order valence-electron chi connectivity index (χ1n) is 12.6. The van der Waals surface area contributed by atoms with Gasteiger partial charge in [-0.1, -0.05) is 43.5 Å². The van der Waals surface area contributed by atoms with Crippen LogP contribution >= 0.6 is 0 Å². The lowest BCUT2D eigenvalue weighted by atomic mass is 9.84. The summed E-state index contributed by atoms with van der Waals surface area (Å²) in [5.41, 5.74) is 2.16. The maximum Gasteiger partial charge on any atom is 0.261 e. The molecule has 182 valence electrons. The number of anilines is 1. The SMILES string of the molecule is O=C(NC[C@@H]1CCCO1)C1(c2ccc(NS(=O)(=O)c3ccc(C4CCCCC4)cc3)cc2)CC1. The second kappa shape index (κ2) is 9.70. The van der Waals surface area contributed by atoms with E-state index in [1.54, 1.807) is 24.3 Å². The van der Waals surface area contributed by atoms with E-state index in [2.05, 4.69) is 10.0 Å². The molecule has 0 radical (unpaired) electrons. The fraction of sp³-hybridized carbons (Fsp3) is 0.519. The van der Waals surface area contributed by atoms with Crippen LogP contribution in [0.5, 0.6) is 0 Å². The summed E-state index contributed by atoms with van der Waals surface area (Å²) < 4.78 is 34.1. The van der Waals surface area contributed by atoms with Crippen molar-refractivity contribution in [1.29, 1.82) is 0 Å². The van der Waals surface area contributed by atoms with E-state index in [9.17, 15) is 13.2 Å². The Bertz CT molecular complexity index is 1100. The second-order valence-corrected chi connectivity index (χ2v) is 11.7. The number of benzene rings is 2. The molecule has 7 heteroatoms. The molecular weight excluding hydrogens is 448 g/mol. The van der Waals surface area contributed by atoms with Gasteiger partial charge in [-0.3, -0.25) is 9.52 Å². The van der Waals surface area contributed by atoms with Gasteiger partial charge in [0.2, 0.25) is 5.91 Å². The molecule has 1 aliphatic heterocycles. The molecule has 2 saturated carbocycles. The number of carbonyl (C=O) groups excluding carboxylic acids is 1. The summed E-state index contributed by atoms with van der Waals surface area (Å²) in [5.74, 6) is 0.582. The van der Waals surface area contributed by atoms with Crippen LogP contribution in [0.2, 0.25) is 0 Å². The average Bonchev–Trinajstić information content (AvgIpc) is 3.51. The van der Waals surface area contributed by atoms with Crippen molar-refractivity contribution in [3.63, 3.8) is 0 Å². The monoisotopic (exact) mass is 482 g/mol. The van der Waals surface area contributed by atoms with E-state index in [-0.39, 0.29) is 16.9 Å². The Labute approximate surface area is 202 Å². The van der Waals surface area contributed by atoms with Crippen LogP contribution in [0, 0.1) is 0 Å². The van der Waals surface area contributed by atoms with Crippen LogP contribution in [0.15, 0.2) is 53.4 Å². The van der Waals surface area contributed by atoms with Crippen LogP contribution < -0.4 is 10.0 Å². The molecule has 3 aliphatic rings. The van der Waals surface area contributed by atoms with Gasteiger partial charge < -0.3 is 10.1 Å². The zero-order chi connectivity index (χ0) is 23.6. The van der Waals surface area contributed by atoms with Crippen molar-refractivity contribution >= 4 is 21.6 Å². The molecule has 0 unspecified atom stereocenters. The Morgan fingerprint density at radius 3 is 2.24 bits per heavy atom. The highest BCUT2D eigenvalue weighted by atomic mass is 32.2. The first kappa shape index (κ1) is 23.4. The molecule has 3 fully saturated rings. The maximum absolute atomic E-state index is 12.9. The van der Waals surface area contributed by atoms with Gasteiger partial charge in [-0.2, -0.15) is 0 Å². The Morgan fingerprint density at radius 1 is 0.912 bits per heavy atom. The number of ether oxygens (including phenoxy) is 1. The van der Waals surface area contributed by atoms with Gasteiger partial charge in [0.25, 0.3) is 10.0 Å². The third-order valence-corrected chi connectivity index (χ3v) is 9.05. The highest BCUT2D eigenvalue weighted by molar-refractivity contribution is 7.92. The predicted octanol–water partition coefficient (Wildman–Crippen LogP) is 4.86. The molecule has 1 atom stereocenters. The predicted molar refractivity (Wildman–Crippen MR) is 132 cm³/mol. The van der Waals surface area contributed by atoms with E-state index >= 15 is 0 Å². The number of rotatable bonds is 8. The minimum Gasteiger partial charge on any atom is -0.376 e. The third kappa shape index (κ3) is 5.01. The Kier molecular flexibility index (Phi) is 6.67. The molecule has 0 spiro atoms. The summed E-state index contributed by atoms with van der Waals surface area (Å²) >= 11 is 0. The molecule has 5 rings (SSSR count). The molecule has 0 bridgehead atoms. The summed E-state index contributed by atoms with van der Waals surface area (Å²) in [7, 11) is -3.67. The Balaban J connectivity index is 1.21. The molecule has 2 aromatic rings. The van der Waals surface area contributed by atoms with Gasteiger partial charge >= 0.3 is 0 Å². The van der Waals surface area contributed by atoms with Gasteiger partial charge in [0.1, 0.15) is 0 Å². The molecule has 6 nitrogen and oxygen atoms in total. The van der Waals surface area contributed by atoms with Crippen molar-refractivity contribution in [2.45, 2.75) is 80.1 Å². The molecule has 2 aliphatic carbocycles. The lowest BCUT2D eigenvalue weighted by molar-refractivity contribution is -0.124. The van der Waals surface area contributed by atoms with E-state index < -0.39 is 15.4 Å². The van der Waals surface area contributed by atoms with E-state index in [0.717, 1.165) is 37.9 Å². The Hall–Kier alpha value is -2.38. The number of nitrogens with one attached hydrogen (secondary N) is 2. The summed E-state index contributed by atoms with van der Waals surface area (Å²) in [4.78, 5) is 13.1. The standard InChI is InChI=1S/C27H34N2O4S/c30-26(28-19-24-7-4-18-33-24)27(16-17-27)22-10-12-23(13-11-22)29-34(31,32)25-14-8-21(9-15-25)20-5-2-1-3-6-20/h8-15,20,24,29H,1-7,16-19H2,(H,28,30)/t24-/m0/s1.